The third-order valence-corrected chi connectivity index (χ3v) is 6.73. The van der Waals surface area contributed by atoms with Gasteiger partial charge in [0.15, 0.2) is 0 Å². The summed E-state index contributed by atoms with van der Waals surface area (Å²) in [4.78, 5) is 0. The molecule has 0 fully saturated rings. The first-order valence-corrected chi connectivity index (χ1v) is 14.8. The Bertz CT molecular complexity index is 382. The molecule has 6 nitrogen and oxygen atoms in total. The first-order valence-electron chi connectivity index (χ1n) is 13.4. The Morgan fingerprint density at radius 3 is 1.16 bits per heavy atom. The summed E-state index contributed by atoms with van der Waals surface area (Å²) in [5, 5.41) is 0. The lowest BCUT2D eigenvalue weighted by Crippen LogP contribution is -2.10. The molecule has 0 aliphatic heterocycles. The maximum atomic E-state index is 12.9. The van der Waals surface area contributed by atoms with Gasteiger partial charge in [0.05, 0.1) is 33.0 Å². The van der Waals surface area contributed by atoms with Crippen molar-refractivity contribution in [1.29, 1.82) is 0 Å². The molecule has 0 rings (SSSR count). The fourth-order valence-electron chi connectivity index (χ4n) is 3.23. The van der Waals surface area contributed by atoms with Gasteiger partial charge in [0.2, 0.25) is 0 Å². The maximum Gasteiger partial charge on any atom is 0.474 e. The van der Waals surface area contributed by atoms with Crippen molar-refractivity contribution < 1.29 is 27.6 Å². The summed E-state index contributed by atoms with van der Waals surface area (Å²) in [7, 11) is -3.58. The van der Waals surface area contributed by atoms with E-state index in [0.29, 0.717) is 33.0 Å². The largest absolute Gasteiger partial charge is 0.474 e. The van der Waals surface area contributed by atoms with Crippen LogP contribution in [0.4, 0.5) is 0 Å². The summed E-state index contributed by atoms with van der Waals surface area (Å²) < 4.78 is 40.7. The van der Waals surface area contributed by atoms with E-state index in [0.717, 1.165) is 25.7 Å². The molecule has 0 radical (unpaired) electrons. The van der Waals surface area contributed by atoms with Gasteiger partial charge < -0.3 is 9.47 Å². The molecule has 0 aromatic heterocycles. The molecule has 7 heteroatoms. The van der Waals surface area contributed by atoms with Crippen LogP contribution in [0.25, 0.3) is 0 Å². The van der Waals surface area contributed by atoms with Crippen LogP contribution in [0.1, 0.15) is 117 Å². The van der Waals surface area contributed by atoms with Gasteiger partial charge in [-0.25, -0.2) is 4.57 Å². The van der Waals surface area contributed by atoms with Crippen molar-refractivity contribution in [3.8, 4) is 0 Å². The van der Waals surface area contributed by atoms with Crippen LogP contribution in [0.3, 0.4) is 0 Å². The van der Waals surface area contributed by atoms with Crippen molar-refractivity contribution in [1.82, 2.24) is 0 Å². The van der Waals surface area contributed by atoms with Gasteiger partial charge in [0.25, 0.3) is 0 Å². The maximum absolute atomic E-state index is 12.9. The molecule has 0 unspecified atom stereocenters. The summed E-state index contributed by atoms with van der Waals surface area (Å²) in [6.07, 6.45) is 17.6. The predicted octanol–water partition coefficient (Wildman–Crippen LogP) is 8.09. The van der Waals surface area contributed by atoms with Gasteiger partial charge in [-0.3, -0.25) is 13.6 Å². The van der Waals surface area contributed by atoms with Gasteiger partial charge >= 0.3 is 7.82 Å². The minimum atomic E-state index is -3.58. The van der Waals surface area contributed by atoms with E-state index in [1.165, 1.54) is 70.6 Å². The number of hydrogen-bond acceptors (Lipinski definition) is 6. The van der Waals surface area contributed by atoms with E-state index >= 15 is 0 Å². The van der Waals surface area contributed by atoms with E-state index in [-0.39, 0.29) is 13.2 Å². The van der Waals surface area contributed by atoms with Crippen molar-refractivity contribution in [3.05, 3.63) is 0 Å². The highest BCUT2D eigenvalue weighted by atomic mass is 31.2. The molecule has 194 valence electrons. The molecule has 0 amide bonds. The van der Waals surface area contributed by atoms with Gasteiger partial charge in [-0.1, -0.05) is 97.8 Å². The van der Waals surface area contributed by atoms with Gasteiger partial charge in [-0.15, -0.1) is 0 Å². The average Bonchev–Trinajstić information content (AvgIpc) is 2.79. The molecule has 0 saturated heterocycles. The smallest absolute Gasteiger partial charge is 0.379 e. The lowest BCUT2D eigenvalue weighted by atomic mass is 10.2. The van der Waals surface area contributed by atoms with Crippen LogP contribution in [-0.2, 0) is 27.6 Å². The third-order valence-electron chi connectivity index (χ3n) is 5.24. The predicted molar refractivity (Wildman–Crippen MR) is 133 cm³/mol. The first kappa shape index (κ1) is 32.0. The highest BCUT2D eigenvalue weighted by Crippen LogP contribution is 2.49. The summed E-state index contributed by atoms with van der Waals surface area (Å²) in [5.41, 5.74) is 0. The minimum Gasteiger partial charge on any atom is -0.379 e. The van der Waals surface area contributed by atoms with Crippen LogP contribution in [0.2, 0.25) is 0 Å². The molecule has 0 spiro atoms. The summed E-state index contributed by atoms with van der Waals surface area (Å²) >= 11 is 0. The highest BCUT2D eigenvalue weighted by Gasteiger charge is 2.26. The minimum absolute atomic E-state index is 0.209. The van der Waals surface area contributed by atoms with Crippen LogP contribution in [0.15, 0.2) is 0 Å². The Morgan fingerprint density at radius 1 is 0.406 bits per heavy atom. The highest BCUT2D eigenvalue weighted by molar-refractivity contribution is 7.48. The number of rotatable bonds is 27. The van der Waals surface area contributed by atoms with Crippen molar-refractivity contribution >= 4 is 7.82 Å². The lowest BCUT2D eigenvalue weighted by Gasteiger charge is -2.18. The second kappa shape index (κ2) is 25.6. The zero-order valence-electron chi connectivity index (χ0n) is 21.5. The van der Waals surface area contributed by atoms with Crippen LogP contribution < -0.4 is 0 Å². The molecule has 0 aliphatic carbocycles. The van der Waals surface area contributed by atoms with Gasteiger partial charge in [-0.05, 0) is 19.3 Å². The van der Waals surface area contributed by atoms with E-state index in [1.807, 2.05) is 0 Å². The monoisotopic (exact) mass is 480 g/mol. The molecule has 0 heterocycles. The van der Waals surface area contributed by atoms with Crippen molar-refractivity contribution in [3.63, 3.8) is 0 Å². The van der Waals surface area contributed by atoms with Crippen LogP contribution >= 0.6 is 7.82 Å². The van der Waals surface area contributed by atoms with Crippen molar-refractivity contribution in [2.75, 3.05) is 46.2 Å². The quantitative estimate of drug-likeness (QED) is 0.0874. The second-order valence-electron chi connectivity index (χ2n) is 8.41. The average molecular weight is 481 g/mol. The number of unbranched alkanes of at least 4 members (excludes halogenated alkanes) is 12. The molecule has 32 heavy (non-hydrogen) atoms. The Hall–Kier alpha value is 0.0300. The summed E-state index contributed by atoms with van der Waals surface area (Å²) in [5.74, 6) is 0. The van der Waals surface area contributed by atoms with E-state index in [1.54, 1.807) is 0 Å². The Morgan fingerprint density at radius 2 is 0.750 bits per heavy atom. The van der Waals surface area contributed by atoms with Crippen LogP contribution in [0.5, 0.6) is 0 Å². The van der Waals surface area contributed by atoms with E-state index in [4.69, 9.17) is 23.0 Å². The zero-order chi connectivity index (χ0) is 23.6. The Balaban J connectivity index is 4.02. The summed E-state index contributed by atoms with van der Waals surface area (Å²) in [6.45, 7) is 9.63. The van der Waals surface area contributed by atoms with E-state index in [2.05, 4.69) is 20.8 Å². The number of hydrogen-bond donors (Lipinski definition) is 0. The zero-order valence-corrected chi connectivity index (χ0v) is 22.3. The topological polar surface area (TPSA) is 63.2 Å². The molecular weight excluding hydrogens is 427 g/mol. The summed E-state index contributed by atoms with van der Waals surface area (Å²) in [6, 6.07) is 0. The van der Waals surface area contributed by atoms with Gasteiger partial charge in [-0.2, -0.15) is 0 Å². The normalized spacial score (nSPS) is 12.0. The third kappa shape index (κ3) is 23.2. The van der Waals surface area contributed by atoms with E-state index in [9.17, 15) is 4.57 Å². The molecule has 0 aromatic rings. The number of phosphoric ester groups is 1. The molecule has 0 N–H and O–H groups in total. The second-order valence-corrected chi connectivity index (χ2v) is 10.1. The number of phosphoric acid groups is 1. The van der Waals surface area contributed by atoms with Crippen LogP contribution in [0, 0.1) is 0 Å². The molecule has 0 aromatic carbocycles. The number of ether oxygens (including phenoxy) is 2. The molecular formula is C25H53O6P. The molecule has 0 bridgehead atoms. The van der Waals surface area contributed by atoms with Crippen molar-refractivity contribution in [2.24, 2.45) is 0 Å². The lowest BCUT2D eigenvalue weighted by molar-refractivity contribution is 0.0450. The standard InChI is InChI=1S/C25H53O6P/c1-4-7-10-13-16-19-27-22-24-30-32(26,29-21-18-15-12-9-6-3)31-25-23-28-20-17-14-11-8-5-2/h4-25H2,1-3H3. The van der Waals surface area contributed by atoms with Crippen LogP contribution in [-0.4, -0.2) is 46.2 Å². The molecule has 0 aliphatic rings. The Labute approximate surface area is 199 Å². The first-order chi connectivity index (χ1) is 15.7. The van der Waals surface area contributed by atoms with Gasteiger partial charge in [0, 0.05) is 13.2 Å². The molecule has 0 atom stereocenters. The van der Waals surface area contributed by atoms with Gasteiger partial charge in [0.1, 0.15) is 0 Å². The Kier molecular flexibility index (Phi) is 25.7. The fraction of sp³-hybridized carbons (Fsp3) is 1.00. The van der Waals surface area contributed by atoms with Crippen molar-refractivity contribution in [2.45, 2.75) is 117 Å². The molecule has 0 saturated carbocycles. The van der Waals surface area contributed by atoms with E-state index < -0.39 is 7.82 Å². The fourth-order valence-corrected chi connectivity index (χ4v) is 4.40. The SMILES string of the molecule is CCCCCCCOCCOP(=O)(OCCCCCCC)OCCOCCCCCCC.